The van der Waals surface area contributed by atoms with E-state index in [1.807, 2.05) is 48.5 Å². The van der Waals surface area contributed by atoms with Crippen LogP contribution in [0.4, 0.5) is 10.5 Å². The van der Waals surface area contributed by atoms with Gasteiger partial charge in [0.15, 0.2) is 0 Å². The lowest BCUT2D eigenvalue weighted by Crippen LogP contribution is -2.53. The van der Waals surface area contributed by atoms with Crippen LogP contribution < -0.4 is 16.0 Å². The standard InChI is InChI=1S/C20H23N5O2/c26-19(22-13-20(27)10-3-11-21-12-20)23-15-8-6-14(7-9-15)18-24-16-4-1-2-5-17(16)25-18/h1-2,4-9,21,27H,3,10-13H2,(H,24,25)(H2,22,23,26)/t20-/m0/s1. The van der Waals surface area contributed by atoms with Gasteiger partial charge >= 0.3 is 6.03 Å². The Kier molecular flexibility index (Phi) is 4.79. The number of piperidine rings is 1. The van der Waals surface area contributed by atoms with Crippen molar-refractivity contribution in [3.8, 4) is 11.4 Å². The van der Waals surface area contributed by atoms with E-state index >= 15 is 0 Å². The molecule has 7 nitrogen and oxygen atoms in total. The fourth-order valence-corrected chi connectivity index (χ4v) is 3.32. The number of aromatic amines is 1. The van der Waals surface area contributed by atoms with Gasteiger partial charge in [-0.05, 0) is 55.8 Å². The number of nitrogens with one attached hydrogen (secondary N) is 4. The number of aliphatic hydroxyl groups is 1. The molecule has 0 bridgehead atoms. The molecule has 1 aliphatic rings. The lowest BCUT2D eigenvalue weighted by Gasteiger charge is -2.32. The zero-order valence-corrected chi connectivity index (χ0v) is 15.0. The summed E-state index contributed by atoms with van der Waals surface area (Å²) < 4.78 is 0. The van der Waals surface area contributed by atoms with E-state index in [0.717, 1.165) is 35.4 Å². The molecule has 0 unspecified atom stereocenters. The molecule has 1 aliphatic heterocycles. The summed E-state index contributed by atoms with van der Waals surface area (Å²) >= 11 is 0. The second kappa shape index (κ2) is 7.38. The Morgan fingerprint density at radius 1 is 1.19 bits per heavy atom. The average Bonchev–Trinajstić information content (AvgIpc) is 3.12. The van der Waals surface area contributed by atoms with Crippen molar-refractivity contribution >= 4 is 22.8 Å². The molecule has 1 fully saturated rings. The Bertz CT molecular complexity index is 896. The fourth-order valence-electron chi connectivity index (χ4n) is 3.32. The maximum atomic E-state index is 12.1. The quantitative estimate of drug-likeness (QED) is 0.490. The lowest BCUT2D eigenvalue weighted by atomic mass is 9.94. The normalized spacial score (nSPS) is 19.7. The van der Waals surface area contributed by atoms with Crippen molar-refractivity contribution in [2.75, 3.05) is 25.0 Å². The van der Waals surface area contributed by atoms with Crippen LogP contribution in [0.3, 0.4) is 0 Å². The van der Waals surface area contributed by atoms with E-state index in [1.165, 1.54) is 0 Å². The minimum absolute atomic E-state index is 0.225. The van der Waals surface area contributed by atoms with Crippen LogP contribution in [0.25, 0.3) is 22.4 Å². The molecule has 2 aromatic carbocycles. The molecule has 4 rings (SSSR count). The van der Waals surface area contributed by atoms with Gasteiger partial charge in [0.05, 0.1) is 16.6 Å². The minimum atomic E-state index is -0.874. The maximum absolute atomic E-state index is 12.1. The molecule has 1 atom stereocenters. The number of urea groups is 1. The van der Waals surface area contributed by atoms with Gasteiger partial charge in [-0.15, -0.1) is 0 Å². The Morgan fingerprint density at radius 3 is 2.74 bits per heavy atom. The average molecular weight is 365 g/mol. The first-order valence-electron chi connectivity index (χ1n) is 9.14. The number of hydrogen-bond donors (Lipinski definition) is 5. The smallest absolute Gasteiger partial charge is 0.319 e. The molecule has 3 aromatic rings. The summed E-state index contributed by atoms with van der Waals surface area (Å²) in [4.78, 5) is 20.0. The van der Waals surface area contributed by atoms with Gasteiger partial charge in [0.25, 0.3) is 0 Å². The summed E-state index contributed by atoms with van der Waals surface area (Å²) in [5.41, 5.74) is 2.66. The van der Waals surface area contributed by atoms with Gasteiger partial charge in [0.2, 0.25) is 0 Å². The Labute approximate surface area is 157 Å². The Morgan fingerprint density at radius 2 is 2.00 bits per heavy atom. The summed E-state index contributed by atoms with van der Waals surface area (Å²) in [7, 11) is 0. The molecule has 0 radical (unpaired) electrons. The topological polar surface area (TPSA) is 102 Å². The molecule has 2 amide bonds. The second-order valence-electron chi connectivity index (χ2n) is 6.99. The van der Waals surface area contributed by atoms with E-state index in [9.17, 15) is 9.90 Å². The third kappa shape index (κ3) is 4.10. The summed E-state index contributed by atoms with van der Waals surface area (Å²) in [5, 5.41) is 19.1. The molecule has 0 saturated carbocycles. The van der Waals surface area contributed by atoms with Crippen molar-refractivity contribution in [1.82, 2.24) is 20.6 Å². The summed E-state index contributed by atoms with van der Waals surface area (Å²) in [6.07, 6.45) is 1.59. The first-order valence-corrected chi connectivity index (χ1v) is 9.14. The monoisotopic (exact) mass is 365 g/mol. The molecule has 140 valence electrons. The van der Waals surface area contributed by atoms with Crippen molar-refractivity contribution in [3.63, 3.8) is 0 Å². The van der Waals surface area contributed by atoms with Gasteiger partial charge < -0.3 is 26.0 Å². The van der Waals surface area contributed by atoms with Crippen LogP contribution in [0.5, 0.6) is 0 Å². The van der Waals surface area contributed by atoms with Crippen LogP contribution in [0.2, 0.25) is 0 Å². The lowest BCUT2D eigenvalue weighted by molar-refractivity contribution is 0.0198. The van der Waals surface area contributed by atoms with E-state index in [0.29, 0.717) is 18.7 Å². The molecule has 27 heavy (non-hydrogen) atoms. The molecular weight excluding hydrogens is 342 g/mol. The minimum Gasteiger partial charge on any atom is -0.387 e. The number of aromatic nitrogens is 2. The van der Waals surface area contributed by atoms with E-state index in [-0.39, 0.29) is 12.6 Å². The molecule has 0 spiro atoms. The summed E-state index contributed by atoms with van der Waals surface area (Å²) in [5.74, 6) is 0.791. The number of H-pyrrole nitrogens is 1. The molecule has 7 heteroatoms. The molecule has 5 N–H and O–H groups in total. The van der Waals surface area contributed by atoms with Gasteiger partial charge in [0, 0.05) is 24.3 Å². The zero-order valence-electron chi connectivity index (χ0n) is 15.0. The number of rotatable bonds is 4. The second-order valence-corrected chi connectivity index (χ2v) is 6.99. The number of fused-ring (bicyclic) bond motifs is 1. The number of benzene rings is 2. The van der Waals surface area contributed by atoms with Crippen molar-refractivity contribution in [3.05, 3.63) is 48.5 Å². The van der Waals surface area contributed by atoms with E-state index in [1.54, 1.807) is 0 Å². The van der Waals surface area contributed by atoms with Gasteiger partial charge in [-0.3, -0.25) is 0 Å². The van der Waals surface area contributed by atoms with Crippen molar-refractivity contribution in [1.29, 1.82) is 0 Å². The Balaban J connectivity index is 1.36. The highest BCUT2D eigenvalue weighted by Gasteiger charge is 2.29. The molecule has 1 saturated heterocycles. The van der Waals surface area contributed by atoms with Crippen molar-refractivity contribution in [2.24, 2.45) is 0 Å². The third-order valence-electron chi connectivity index (χ3n) is 4.83. The third-order valence-corrected chi connectivity index (χ3v) is 4.83. The fraction of sp³-hybridized carbons (Fsp3) is 0.300. The number of carbonyl (C=O) groups excluding carboxylic acids is 1. The molecule has 1 aromatic heterocycles. The number of carbonyl (C=O) groups is 1. The van der Waals surface area contributed by atoms with Gasteiger partial charge in [-0.2, -0.15) is 0 Å². The Hall–Kier alpha value is -2.90. The number of hydrogen-bond acceptors (Lipinski definition) is 4. The van der Waals surface area contributed by atoms with Crippen molar-refractivity contribution < 1.29 is 9.90 Å². The number of anilines is 1. The molecule has 0 aliphatic carbocycles. The van der Waals surface area contributed by atoms with E-state index < -0.39 is 5.60 Å². The number of imidazole rings is 1. The van der Waals surface area contributed by atoms with Crippen LogP contribution in [-0.4, -0.2) is 46.3 Å². The zero-order chi connectivity index (χ0) is 18.7. The first-order chi connectivity index (χ1) is 13.1. The SMILES string of the molecule is O=C(NC[C@]1(O)CCCNC1)Nc1ccc(-c2nc3ccccc3[nH]2)cc1. The summed E-state index contributed by atoms with van der Waals surface area (Å²) in [6, 6.07) is 15.0. The van der Waals surface area contributed by atoms with Crippen LogP contribution >= 0.6 is 0 Å². The predicted octanol–water partition coefficient (Wildman–Crippen LogP) is 2.47. The number of amides is 2. The maximum Gasteiger partial charge on any atom is 0.319 e. The number of β-amino-alcohol motifs (C(OH)–C–C–N with tert-alkyl or cyclic N) is 1. The highest BCUT2D eigenvalue weighted by molar-refractivity contribution is 5.89. The summed E-state index contributed by atoms with van der Waals surface area (Å²) in [6.45, 7) is 1.63. The van der Waals surface area contributed by atoms with E-state index in [4.69, 9.17) is 0 Å². The van der Waals surface area contributed by atoms with Crippen molar-refractivity contribution in [2.45, 2.75) is 18.4 Å². The van der Waals surface area contributed by atoms with Gasteiger partial charge in [-0.25, -0.2) is 9.78 Å². The predicted molar refractivity (Wildman–Crippen MR) is 106 cm³/mol. The highest BCUT2D eigenvalue weighted by Crippen LogP contribution is 2.22. The van der Waals surface area contributed by atoms with Crippen LogP contribution in [0.1, 0.15) is 12.8 Å². The number of para-hydroxylation sites is 2. The largest absolute Gasteiger partial charge is 0.387 e. The van der Waals surface area contributed by atoms with E-state index in [2.05, 4.69) is 25.9 Å². The van der Waals surface area contributed by atoms with Crippen LogP contribution in [0.15, 0.2) is 48.5 Å². The number of nitrogens with zero attached hydrogens (tertiary/aromatic N) is 1. The molecule has 2 heterocycles. The van der Waals surface area contributed by atoms with Crippen LogP contribution in [0, 0.1) is 0 Å². The van der Waals surface area contributed by atoms with Gasteiger partial charge in [0.1, 0.15) is 5.82 Å². The highest BCUT2D eigenvalue weighted by atomic mass is 16.3. The van der Waals surface area contributed by atoms with Crippen LogP contribution in [-0.2, 0) is 0 Å². The molecular formula is C20H23N5O2. The van der Waals surface area contributed by atoms with Gasteiger partial charge in [-0.1, -0.05) is 12.1 Å². The first kappa shape index (κ1) is 17.5.